The van der Waals surface area contributed by atoms with E-state index in [1.54, 1.807) is 0 Å². The summed E-state index contributed by atoms with van der Waals surface area (Å²) < 4.78 is 5.51. The van der Waals surface area contributed by atoms with Crippen molar-refractivity contribution in [3.63, 3.8) is 0 Å². The molecule has 0 bridgehead atoms. The van der Waals surface area contributed by atoms with Gasteiger partial charge in [-0.05, 0) is 18.3 Å². The van der Waals surface area contributed by atoms with E-state index in [9.17, 15) is 4.79 Å². The maximum atomic E-state index is 12.7. The lowest BCUT2D eigenvalue weighted by Crippen LogP contribution is -2.50. The minimum absolute atomic E-state index is 0.0276. The predicted octanol–water partition coefficient (Wildman–Crippen LogP) is 2.25. The molecule has 23 heavy (non-hydrogen) atoms. The first-order chi connectivity index (χ1) is 11.2. The number of aromatic amines is 1. The second kappa shape index (κ2) is 7.29. The van der Waals surface area contributed by atoms with E-state index in [4.69, 9.17) is 4.74 Å². The first-order valence-corrected chi connectivity index (χ1v) is 8.65. The number of morpholine rings is 1. The fourth-order valence-electron chi connectivity index (χ4n) is 3.60. The van der Waals surface area contributed by atoms with Crippen molar-refractivity contribution in [1.29, 1.82) is 0 Å². The molecule has 3 rings (SSSR count). The Bertz CT molecular complexity index is 497. The number of H-pyrrole nitrogens is 1. The van der Waals surface area contributed by atoms with Crippen molar-refractivity contribution in [2.24, 2.45) is 5.41 Å². The van der Waals surface area contributed by atoms with Crippen LogP contribution in [0.5, 0.6) is 0 Å². The van der Waals surface area contributed by atoms with E-state index in [2.05, 4.69) is 27.4 Å². The number of amides is 2. The summed E-state index contributed by atoms with van der Waals surface area (Å²) in [7, 11) is 0. The SMILES string of the molecule is CC1(CNC(=O)N2CCOC[C@@H]2c2ncn[nH]2)CCCCCC1. The molecule has 0 spiro atoms. The molecule has 1 aromatic rings. The Hall–Kier alpha value is -1.63. The molecule has 1 aliphatic heterocycles. The van der Waals surface area contributed by atoms with Gasteiger partial charge in [-0.15, -0.1) is 0 Å². The van der Waals surface area contributed by atoms with Gasteiger partial charge in [-0.2, -0.15) is 5.10 Å². The van der Waals surface area contributed by atoms with Gasteiger partial charge >= 0.3 is 6.03 Å². The maximum absolute atomic E-state index is 12.7. The summed E-state index contributed by atoms with van der Waals surface area (Å²) in [6, 6.07) is -0.214. The zero-order valence-corrected chi connectivity index (χ0v) is 13.9. The minimum atomic E-state index is -0.187. The van der Waals surface area contributed by atoms with Gasteiger partial charge in [0.05, 0.1) is 13.2 Å². The van der Waals surface area contributed by atoms with Gasteiger partial charge < -0.3 is 15.0 Å². The van der Waals surface area contributed by atoms with Gasteiger partial charge in [0.2, 0.25) is 0 Å². The molecule has 128 valence electrons. The highest BCUT2D eigenvalue weighted by Gasteiger charge is 2.32. The third kappa shape index (κ3) is 4.02. The Balaban J connectivity index is 1.59. The summed E-state index contributed by atoms with van der Waals surface area (Å²) in [6.45, 7) is 4.64. The molecule has 1 saturated carbocycles. The van der Waals surface area contributed by atoms with Crippen molar-refractivity contribution in [2.45, 2.75) is 51.5 Å². The Morgan fingerprint density at radius 2 is 2.22 bits per heavy atom. The molecule has 0 aromatic carbocycles. The quantitative estimate of drug-likeness (QED) is 0.836. The van der Waals surface area contributed by atoms with Gasteiger partial charge in [0, 0.05) is 13.1 Å². The number of hydrogen-bond donors (Lipinski definition) is 2. The molecular weight excluding hydrogens is 294 g/mol. The normalized spacial score (nSPS) is 24.9. The van der Waals surface area contributed by atoms with Gasteiger partial charge in [0.25, 0.3) is 0 Å². The molecule has 1 saturated heterocycles. The van der Waals surface area contributed by atoms with E-state index in [0.717, 1.165) is 6.54 Å². The zero-order chi connectivity index (χ0) is 16.1. The zero-order valence-electron chi connectivity index (χ0n) is 13.9. The highest BCUT2D eigenvalue weighted by Crippen LogP contribution is 2.34. The standard InChI is InChI=1S/C16H27N5O2/c1-16(6-4-2-3-5-7-16)11-17-15(22)21-8-9-23-10-13(21)14-18-12-19-20-14/h12-13H,2-11H2,1H3,(H,17,22)(H,18,19,20)/t13-/m1/s1. The number of hydrogen-bond acceptors (Lipinski definition) is 4. The van der Waals surface area contributed by atoms with E-state index in [0.29, 0.717) is 25.6 Å². The summed E-state index contributed by atoms with van der Waals surface area (Å²) in [5, 5.41) is 9.88. The largest absolute Gasteiger partial charge is 0.377 e. The molecule has 1 aliphatic carbocycles. The van der Waals surface area contributed by atoms with Gasteiger partial charge in [-0.25, -0.2) is 9.78 Å². The lowest BCUT2D eigenvalue weighted by Gasteiger charge is -2.36. The maximum Gasteiger partial charge on any atom is 0.318 e. The highest BCUT2D eigenvalue weighted by atomic mass is 16.5. The van der Waals surface area contributed by atoms with Gasteiger partial charge in [0.1, 0.15) is 18.2 Å². The number of carbonyl (C=O) groups excluding carboxylic acids is 1. The lowest BCUT2D eigenvalue weighted by atomic mass is 9.82. The van der Waals surface area contributed by atoms with Crippen molar-refractivity contribution in [2.75, 3.05) is 26.3 Å². The second-order valence-corrected chi connectivity index (χ2v) is 7.04. The molecule has 1 atom stereocenters. The third-order valence-corrected chi connectivity index (χ3v) is 5.12. The molecule has 1 aromatic heterocycles. The molecule has 2 fully saturated rings. The van der Waals surface area contributed by atoms with Crippen LogP contribution in [0.15, 0.2) is 6.33 Å². The van der Waals surface area contributed by atoms with Crippen molar-refractivity contribution in [1.82, 2.24) is 25.4 Å². The molecule has 2 heterocycles. The summed E-state index contributed by atoms with van der Waals surface area (Å²) in [4.78, 5) is 18.7. The number of rotatable bonds is 3. The second-order valence-electron chi connectivity index (χ2n) is 7.04. The number of nitrogens with zero attached hydrogens (tertiary/aromatic N) is 3. The van der Waals surface area contributed by atoms with Crippen LogP contribution < -0.4 is 5.32 Å². The molecule has 0 radical (unpaired) electrons. The fourth-order valence-corrected chi connectivity index (χ4v) is 3.60. The third-order valence-electron chi connectivity index (χ3n) is 5.12. The van der Waals surface area contributed by atoms with E-state index >= 15 is 0 Å². The van der Waals surface area contributed by atoms with Crippen molar-refractivity contribution in [3.05, 3.63) is 12.2 Å². The number of ether oxygens (including phenoxy) is 1. The monoisotopic (exact) mass is 321 g/mol. The topological polar surface area (TPSA) is 83.1 Å². The van der Waals surface area contributed by atoms with E-state index in [1.807, 2.05) is 4.90 Å². The molecule has 7 nitrogen and oxygen atoms in total. The Morgan fingerprint density at radius 3 is 2.91 bits per heavy atom. The molecular formula is C16H27N5O2. The van der Waals surface area contributed by atoms with Crippen molar-refractivity contribution in [3.8, 4) is 0 Å². The minimum Gasteiger partial charge on any atom is -0.377 e. The van der Waals surface area contributed by atoms with Crippen LogP contribution in [0, 0.1) is 5.41 Å². The van der Waals surface area contributed by atoms with Crippen LogP contribution in [0.3, 0.4) is 0 Å². The summed E-state index contributed by atoms with van der Waals surface area (Å²) >= 11 is 0. The van der Waals surface area contributed by atoms with Crippen LogP contribution in [0.4, 0.5) is 4.79 Å². The van der Waals surface area contributed by atoms with E-state index in [1.165, 1.54) is 44.9 Å². The average molecular weight is 321 g/mol. The molecule has 2 aliphatic rings. The fraction of sp³-hybridized carbons (Fsp3) is 0.812. The van der Waals surface area contributed by atoms with Crippen LogP contribution in [0.25, 0.3) is 0 Å². The Kier molecular flexibility index (Phi) is 5.15. The van der Waals surface area contributed by atoms with Gasteiger partial charge in [-0.3, -0.25) is 5.10 Å². The molecule has 2 N–H and O–H groups in total. The van der Waals surface area contributed by atoms with E-state index in [-0.39, 0.29) is 17.5 Å². The highest BCUT2D eigenvalue weighted by molar-refractivity contribution is 5.74. The summed E-state index contributed by atoms with van der Waals surface area (Å²) in [6.07, 6.45) is 9.03. The Morgan fingerprint density at radius 1 is 1.43 bits per heavy atom. The number of aromatic nitrogens is 3. The summed E-state index contributed by atoms with van der Waals surface area (Å²) in [5.74, 6) is 0.681. The summed E-state index contributed by atoms with van der Waals surface area (Å²) in [5.41, 5.74) is 0.222. The Labute approximate surface area is 137 Å². The number of carbonyl (C=O) groups is 1. The van der Waals surface area contributed by atoms with Crippen LogP contribution in [-0.2, 0) is 4.74 Å². The van der Waals surface area contributed by atoms with Crippen molar-refractivity contribution >= 4 is 6.03 Å². The van der Waals surface area contributed by atoms with Crippen LogP contribution in [0.2, 0.25) is 0 Å². The number of nitrogens with one attached hydrogen (secondary N) is 2. The first kappa shape index (κ1) is 16.2. The molecule has 0 unspecified atom stereocenters. The van der Waals surface area contributed by atoms with Crippen LogP contribution in [0.1, 0.15) is 57.3 Å². The van der Waals surface area contributed by atoms with Gasteiger partial charge in [0.15, 0.2) is 0 Å². The van der Waals surface area contributed by atoms with Gasteiger partial charge in [-0.1, -0.05) is 32.6 Å². The smallest absolute Gasteiger partial charge is 0.318 e. The van der Waals surface area contributed by atoms with E-state index < -0.39 is 0 Å². The predicted molar refractivity (Wildman–Crippen MR) is 85.9 cm³/mol. The molecule has 7 heteroatoms. The molecule has 2 amide bonds. The number of urea groups is 1. The van der Waals surface area contributed by atoms with Crippen LogP contribution in [-0.4, -0.2) is 52.4 Å². The lowest BCUT2D eigenvalue weighted by molar-refractivity contribution is 0.00811. The van der Waals surface area contributed by atoms with Crippen molar-refractivity contribution < 1.29 is 9.53 Å². The average Bonchev–Trinajstić information content (AvgIpc) is 3.02. The van der Waals surface area contributed by atoms with Crippen LogP contribution >= 0.6 is 0 Å². The first-order valence-electron chi connectivity index (χ1n) is 8.65.